The van der Waals surface area contributed by atoms with E-state index in [0.717, 1.165) is 28.9 Å². The molecular weight excluding hydrogens is 484 g/mol. The highest BCUT2D eigenvalue weighted by Crippen LogP contribution is 2.52. The summed E-state index contributed by atoms with van der Waals surface area (Å²) < 4.78 is 2.45. The van der Waals surface area contributed by atoms with Crippen LogP contribution < -0.4 is 5.73 Å². The van der Waals surface area contributed by atoms with Gasteiger partial charge < -0.3 is 10.3 Å². The minimum absolute atomic E-state index is 0.0243. The van der Waals surface area contributed by atoms with Crippen LogP contribution in [0.25, 0.3) is 44.2 Å². The Morgan fingerprint density at radius 3 is 2.10 bits per heavy atom. The highest BCUT2D eigenvalue weighted by Gasteiger charge is 2.37. The van der Waals surface area contributed by atoms with Gasteiger partial charge >= 0.3 is 0 Å². The van der Waals surface area contributed by atoms with Crippen molar-refractivity contribution >= 4 is 33.1 Å². The average molecular weight is 517 g/mol. The number of hydrogen-bond donors (Lipinski definition) is 1. The van der Waals surface area contributed by atoms with E-state index >= 15 is 0 Å². The van der Waals surface area contributed by atoms with Crippen LogP contribution >= 0.6 is 0 Å². The summed E-state index contributed by atoms with van der Waals surface area (Å²) in [5.74, 6) is 0. The average Bonchev–Trinajstić information content (AvgIpc) is 3.44. The SMILES string of the molecule is CC1(C)c2ccccc2-c2c1ccc1c2c2ccccc2n1C/C=C(\C=C(/N)c1ccccc1)c1ccccc1. The van der Waals surface area contributed by atoms with Crippen LogP contribution in [0.5, 0.6) is 0 Å². The van der Waals surface area contributed by atoms with Gasteiger partial charge in [-0.05, 0) is 57.2 Å². The van der Waals surface area contributed by atoms with Crippen LogP contribution in [0, 0.1) is 0 Å². The van der Waals surface area contributed by atoms with E-state index in [2.05, 4.69) is 134 Å². The lowest BCUT2D eigenvalue weighted by atomic mass is 9.82. The van der Waals surface area contributed by atoms with Gasteiger partial charge in [-0.2, -0.15) is 0 Å². The molecule has 40 heavy (non-hydrogen) atoms. The zero-order chi connectivity index (χ0) is 27.3. The molecule has 2 nitrogen and oxygen atoms in total. The molecule has 1 aliphatic rings. The van der Waals surface area contributed by atoms with Crippen molar-refractivity contribution in [1.29, 1.82) is 0 Å². The minimum atomic E-state index is -0.0243. The number of rotatable bonds is 5. The summed E-state index contributed by atoms with van der Waals surface area (Å²) in [5.41, 5.74) is 18.7. The van der Waals surface area contributed by atoms with Gasteiger partial charge in [-0.1, -0.05) is 129 Å². The van der Waals surface area contributed by atoms with Crippen molar-refractivity contribution in [3.8, 4) is 11.1 Å². The minimum Gasteiger partial charge on any atom is -0.398 e. The second-order valence-corrected chi connectivity index (χ2v) is 11.2. The van der Waals surface area contributed by atoms with Gasteiger partial charge in [0.05, 0.1) is 5.52 Å². The molecule has 2 heteroatoms. The third-order valence-corrected chi connectivity index (χ3v) is 8.50. The van der Waals surface area contributed by atoms with Gasteiger partial charge in [0.25, 0.3) is 0 Å². The lowest BCUT2D eigenvalue weighted by molar-refractivity contribution is 0.661. The van der Waals surface area contributed by atoms with E-state index in [9.17, 15) is 0 Å². The molecule has 2 N–H and O–H groups in total. The zero-order valence-electron chi connectivity index (χ0n) is 22.9. The van der Waals surface area contributed by atoms with Crippen LogP contribution in [-0.4, -0.2) is 4.57 Å². The van der Waals surface area contributed by atoms with E-state index in [1.807, 2.05) is 18.2 Å². The second-order valence-electron chi connectivity index (χ2n) is 11.2. The predicted octanol–water partition coefficient (Wildman–Crippen LogP) is 9.18. The number of fused-ring (bicyclic) bond motifs is 7. The van der Waals surface area contributed by atoms with Crippen LogP contribution in [0.3, 0.4) is 0 Å². The first-order chi connectivity index (χ1) is 19.5. The van der Waals surface area contributed by atoms with Crippen LogP contribution in [0.2, 0.25) is 0 Å². The van der Waals surface area contributed by atoms with Crippen LogP contribution in [-0.2, 0) is 12.0 Å². The maximum atomic E-state index is 6.61. The van der Waals surface area contributed by atoms with Crippen LogP contribution in [0.1, 0.15) is 36.1 Å². The van der Waals surface area contributed by atoms with E-state index in [4.69, 9.17) is 5.73 Å². The molecule has 0 aliphatic heterocycles. The van der Waals surface area contributed by atoms with Crippen molar-refractivity contribution in [2.24, 2.45) is 5.73 Å². The summed E-state index contributed by atoms with van der Waals surface area (Å²) in [6, 6.07) is 43.1. The van der Waals surface area contributed by atoms with Gasteiger partial charge in [-0.25, -0.2) is 0 Å². The van der Waals surface area contributed by atoms with E-state index in [1.165, 1.54) is 44.1 Å². The molecule has 1 aromatic heterocycles. The Morgan fingerprint density at radius 2 is 1.32 bits per heavy atom. The lowest BCUT2D eigenvalue weighted by Crippen LogP contribution is -2.14. The number of para-hydroxylation sites is 1. The Balaban J connectivity index is 1.43. The maximum Gasteiger partial charge on any atom is 0.0500 e. The summed E-state index contributed by atoms with van der Waals surface area (Å²) in [7, 11) is 0. The molecule has 0 saturated heterocycles. The van der Waals surface area contributed by atoms with Gasteiger partial charge in [-0.3, -0.25) is 0 Å². The fourth-order valence-electron chi connectivity index (χ4n) is 6.49. The fraction of sp³-hybridized carbons (Fsp3) is 0.105. The Bertz CT molecular complexity index is 1940. The summed E-state index contributed by atoms with van der Waals surface area (Å²) in [6.07, 6.45) is 4.41. The molecule has 7 rings (SSSR count). The number of hydrogen-bond acceptors (Lipinski definition) is 1. The number of nitrogens with two attached hydrogens (primary N) is 1. The van der Waals surface area contributed by atoms with Crippen molar-refractivity contribution in [1.82, 2.24) is 4.57 Å². The molecule has 194 valence electrons. The molecule has 1 aliphatic carbocycles. The van der Waals surface area contributed by atoms with Crippen molar-refractivity contribution in [2.45, 2.75) is 25.8 Å². The van der Waals surface area contributed by atoms with Crippen molar-refractivity contribution in [2.75, 3.05) is 0 Å². The van der Waals surface area contributed by atoms with Crippen LogP contribution in [0.15, 0.2) is 133 Å². The molecule has 0 atom stereocenters. The molecule has 0 fully saturated rings. The molecule has 0 amide bonds. The standard InChI is InChI=1S/C38H32N2/c1-38(2)31-19-11-9-17-29(31)36-32(38)21-22-35-37(36)30-18-10-12-20-34(30)40(35)24-23-28(26-13-5-3-6-14-26)25-33(39)27-15-7-4-8-16-27/h3-23,25H,24,39H2,1-2H3/b28-23+,33-25-. The highest BCUT2D eigenvalue weighted by atomic mass is 15.0. The number of allylic oxidation sites excluding steroid dienone is 3. The fourth-order valence-corrected chi connectivity index (χ4v) is 6.49. The molecule has 0 radical (unpaired) electrons. The quantitative estimate of drug-likeness (QED) is 0.228. The third kappa shape index (κ3) is 3.79. The second kappa shape index (κ2) is 9.43. The van der Waals surface area contributed by atoms with E-state index < -0.39 is 0 Å². The Labute approximate surface area is 235 Å². The first-order valence-corrected chi connectivity index (χ1v) is 14.0. The monoisotopic (exact) mass is 516 g/mol. The molecule has 0 saturated carbocycles. The Morgan fingerprint density at radius 1 is 0.675 bits per heavy atom. The molecule has 5 aromatic carbocycles. The normalized spacial score (nSPS) is 14.4. The van der Waals surface area contributed by atoms with Gasteiger partial charge in [-0.15, -0.1) is 0 Å². The number of aromatic nitrogens is 1. The predicted molar refractivity (Wildman–Crippen MR) is 170 cm³/mol. The van der Waals surface area contributed by atoms with Gasteiger partial charge in [0, 0.05) is 33.9 Å². The number of benzene rings is 5. The molecular formula is C38H32N2. The van der Waals surface area contributed by atoms with E-state index in [-0.39, 0.29) is 5.41 Å². The Hall–Kier alpha value is -4.82. The van der Waals surface area contributed by atoms with E-state index in [0.29, 0.717) is 0 Å². The summed E-state index contributed by atoms with van der Waals surface area (Å²) in [6.45, 7) is 5.43. The maximum absolute atomic E-state index is 6.61. The van der Waals surface area contributed by atoms with Gasteiger partial charge in [0.2, 0.25) is 0 Å². The zero-order valence-corrected chi connectivity index (χ0v) is 22.9. The first kappa shape index (κ1) is 24.2. The summed E-state index contributed by atoms with van der Waals surface area (Å²) in [4.78, 5) is 0. The first-order valence-electron chi connectivity index (χ1n) is 14.0. The Kier molecular flexibility index (Phi) is 5.71. The smallest absolute Gasteiger partial charge is 0.0500 e. The molecule has 1 heterocycles. The van der Waals surface area contributed by atoms with E-state index in [1.54, 1.807) is 0 Å². The number of nitrogens with zero attached hydrogens (tertiary/aromatic N) is 1. The summed E-state index contributed by atoms with van der Waals surface area (Å²) in [5, 5.41) is 2.65. The summed E-state index contributed by atoms with van der Waals surface area (Å²) >= 11 is 0. The molecule has 0 bridgehead atoms. The van der Waals surface area contributed by atoms with Gasteiger partial charge in [0.1, 0.15) is 0 Å². The van der Waals surface area contributed by atoms with Gasteiger partial charge in [0.15, 0.2) is 0 Å². The largest absolute Gasteiger partial charge is 0.398 e. The van der Waals surface area contributed by atoms with Crippen molar-refractivity contribution in [3.63, 3.8) is 0 Å². The molecule has 6 aromatic rings. The third-order valence-electron chi connectivity index (χ3n) is 8.50. The van der Waals surface area contributed by atoms with Crippen molar-refractivity contribution < 1.29 is 0 Å². The lowest BCUT2D eigenvalue weighted by Gasteiger charge is -2.21. The molecule has 0 spiro atoms. The molecule has 0 unspecified atom stereocenters. The highest BCUT2D eigenvalue weighted by molar-refractivity contribution is 6.17. The van der Waals surface area contributed by atoms with Crippen LogP contribution in [0.4, 0.5) is 0 Å². The van der Waals surface area contributed by atoms with Crippen molar-refractivity contribution in [3.05, 3.63) is 156 Å². The topological polar surface area (TPSA) is 30.9 Å².